The normalized spacial score (nSPS) is 37.6. The van der Waals surface area contributed by atoms with Gasteiger partial charge in [0.05, 0.1) is 0 Å². The lowest BCUT2D eigenvalue weighted by molar-refractivity contribution is -0.134. The Morgan fingerprint density at radius 3 is 2.20 bits per heavy atom. The fraction of sp³-hybridized carbons (Fsp3) is 0.941. The number of amides is 1. The van der Waals surface area contributed by atoms with Gasteiger partial charge in [0.1, 0.15) is 0 Å². The Balaban J connectivity index is 1.23. The molecule has 2 unspecified atom stereocenters. The maximum atomic E-state index is 12.6. The highest BCUT2D eigenvalue weighted by Gasteiger charge is 2.55. The van der Waals surface area contributed by atoms with Gasteiger partial charge in [-0.2, -0.15) is 0 Å². The van der Waals surface area contributed by atoms with Crippen molar-refractivity contribution in [3.63, 3.8) is 0 Å². The van der Waals surface area contributed by atoms with Gasteiger partial charge in [-0.25, -0.2) is 0 Å². The Hall–Kier alpha value is -0.570. The molecule has 4 fully saturated rings. The first-order chi connectivity index (χ1) is 9.83. The molecule has 1 amide bonds. The van der Waals surface area contributed by atoms with Gasteiger partial charge in [-0.05, 0) is 62.8 Å². The SMILES string of the molecule is O=C(C1C2CCCCC21)N1CCC(NCC2CC2)CC1. The third kappa shape index (κ3) is 2.61. The van der Waals surface area contributed by atoms with E-state index in [-0.39, 0.29) is 0 Å². The van der Waals surface area contributed by atoms with Crippen molar-refractivity contribution in [2.24, 2.45) is 23.7 Å². The van der Waals surface area contributed by atoms with Crippen molar-refractivity contribution >= 4 is 5.91 Å². The zero-order valence-electron chi connectivity index (χ0n) is 12.5. The second kappa shape index (κ2) is 5.32. The summed E-state index contributed by atoms with van der Waals surface area (Å²) in [5.74, 6) is 3.42. The molecule has 2 atom stereocenters. The lowest BCUT2D eigenvalue weighted by atomic mass is 10.0. The predicted molar refractivity (Wildman–Crippen MR) is 79.3 cm³/mol. The van der Waals surface area contributed by atoms with Crippen molar-refractivity contribution in [2.75, 3.05) is 19.6 Å². The number of nitrogens with one attached hydrogen (secondary N) is 1. The van der Waals surface area contributed by atoms with Gasteiger partial charge < -0.3 is 10.2 Å². The average molecular weight is 276 g/mol. The van der Waals surface area contributed by atoms with E-state index in [1.807, 2.05) is 0 Å². The molecule has 3 saturated carbocycles. The van der Waals surface area contributed by atoms with E-state index < -0.39 is 0 Å². The molecule has 112 valence electrons. The number of likely N-dealkylation sites (tertiary alicyclic amines) is 1. The Morgan fingerprint density at radius 2 is 1.60 bits per heavy atom. The number of hydrogen-bond donors (Lipinski definition) is 1. The summed E-state index contributed by atoms with van der Waals surface area (Å²) in [5, 5.41) is 3.70. The topological polar surface area (TPSA) is 32.3 Å². The van der Waals surface area contributed by atoms with Crippen LogP contribution >= 0.6 is 0 Å². The summed E-state index contributed by atoms with van der Waals surface area (Å²) < 4.78 is 0. The molecule has 1 N–H and O–H groups in total. The number of piperidine rings is 1. The average Bonchev–Trinajstić information content (AvgIpc) is 3.39. The molecule has 0 aromatic carbocycles. The lowest BCUT2D eigenvalue weighted by Gasteiger charge is -2.33. The van der Waals surface area contributed by atoms with Crippen LogP contribution in [-0.4, -0.2) is 36.5 Å². The van der Waals surface area contributed by atoms with Crippen molar-refractivity contribution in [1.82, 2.24) is 10.2 Å². The molecular weight excluding hydrogens is 248 g/mol. The minimum Gasteiger partial charge on any atom is -0.342 e. The summed E-state index contributed by atoms with van der Waals surface area (Å²) in [6, 6.07) is 0.668. The zero-order chi connectivity index (χ0) is 13.5. The molecule has 0 aromatic rings. The van der Waals surface area contributed by atoms with Crippen LogP contribution in [0.5, 0.6) is 0 Å². The first kappa shape index (κ1) is 13.1. The van der Waals surface area contributed by atoms with Crippen LogP contribution < -0.4 is 5.32 Å². The molecule has 4 aliphatic rings. The molecule has 3 heteroatoms. The number of carbonyl (C=O) groups excluding carboxylic acids is 1. The van der Waals surface area contributed by atoms with E-state index in [4.69, 9.17) is 0 Å². The minimum absolute atomic E-state index is 0.425. The molecule has 0 radical (unpaired) electrons. The molecule has 1 aliphatic heterocycles. The highest BCUT2D eigenvalue weighted by atomic mass is 16.2. The van der Waals surface area contributed by atoms with E-state index in [1.165, 1.54) is 57.9 Å². The number of hydrogen-bond acceptors (Lipinski definition) is 2. The Kier molecular flexibility index (Phi) is 3.49. The first-order valence-electron chi connectivity index (χ1n) is 8.85. The lowest BCUT2D eigenvalue weighted by Crippen LogP contribution is -2.46. The Morgan fingerprint density at radius 1 is 0.950 bits per heavy atom. The largest absolute Gasteiger partial charge is 0.342 e. The van der Waals surface area contributed by atoms with Gasteiger partial charge in [0.15, 0.2) is 0 Å². The van der Waals surface area contributed by atoms with E-state index in [0.29, 0.717) is 17.9 Å². The molecule has 20 heavy (non-hydrogen) atoms. The van der Waals surface area contributed by atoms with Crippen molar-refractivity contribution < 1.29 is 4.79 Å². The zero-order valence-corrected chi connectivity index (χ0v) is 12.5. The Labute approximate surface area is 122 Å². The predicted octanol–water partition coefficient (Wildman–Crippen LogP) is 2.41. The summed E-state index contributed by atoms with van der Waals surface area (Å²) in [4.78, 5) is 14.8. The summed E-state index contributed by atoms with van der Waals surface area (Å²) in [6.45, 7) is 3.21. The fourth-order valence-electron chi connectivity index (χ4n) is 4.53. The van der Waals surface area contributed by atoms with Crippen molar-refractivity contribution in [2.45, 2.75) is 57.4 Å². The van der Waals surface area contributed by atoms with Crippen LogP contribution in [-0.2, 0) is 4.79 Å². The summed E-state index contributed by atoms with van der Waals surface area (Å²) in [7, 11) is 0. The molecule has 0 bridgehead atoms. The van der Waals surface area contributed by atoms with Gasteiger partial charge >= 0.3 is 0 Å². The molecule has 0 aromatic heterocycles. The van der Waals surface area contributed by atoms with Crippen LogP contribution in [0.4, 0.5) is 0 Å². The van der Waals surface area contributed by atoms with Gasteiger partial charge in [0.2, 0.25) is 5.91 Å². The molecule has 1 heterocycles. The van der Waals surface area contributed by atoms with Gasteiger partial charge in [-0.15, -0.1) is 0 Å². The summed E-state index contributed by atoms with van der Waals surface area (Å²) in [6.07, 6.45) is 10.5. The highest BCUT2D eigenvalue weighted by molar-refractivity contribution is 5.82. The third-order valence-corrected chi connectivity index (χ3v) is 6.14. The van der Waals surface area contributed by atoms with Crippen molar-refractivity contribution in [3.05, 3.63) is 0 Å². The van der Waals surface area contributed by atoms with E-state index >= 15 is 0 Å². The second-order valence-corrected chi connectivity index (χ2v) is 7.59. The number of rotatable bonds is 4. The minimum atomic E-state index is 0.425. The van der Waals surface area contributed by atoms with Crippen molar-refractivity contribution in [3.8, 4) is 0 Å². The quantitative estimate of drug-likeness (QED) is 0.855. The highest BCUT2D eigenvalue weighted by Crippen LogP contribution is 2.56. The van der Waals surface area contributed by atoms with Crippen molar-refractivity contribution in [1.29, 1.82) is 0 Å². The monoisotopic (exact) mass is 276 g/mol. The first-order valence-corrected chi connectivity index (χ1v) is 8.85. The van der Waals surface area contributed by atoms with E-state index in [9.17, 15) is 4.79 Å². The molecule has 3 aliphatic carbocycles. The van der Waals surface area contributed by atoms with E-state index in [0.717, 1.165) is 30.8 Å². The summed E-state index contributed by atoms with van der Waals surface area (Å²) >= 11 is 0. The fourth-order valence-corrected chi connectivity index (χ4v) is 4.53. The standard InChI is InChI=1S/C17H28N2O/c20-17(16-14-3-1-2-4-15(14)16)19-9-7-13(8-10-19)18-11-12-5-6-12/h12-16,18H,1-11H2. The molecule has 0 spiro atoms. The molecule has 3 nitrogen and oxygen atoms in total. The van der Waals surface area contributed by atoms with Crippen LogP contribution in [0.25, 0.3) is 0 Å². The number of nitrogens with zero attached hydrogens (tertiary/aromatic N) is 1. The number of carbonyl (C=O) groups is 1. The van der Waals surface area contributed by atoms with Crippen LogP contribution in [0.2, 0.25) is 0 Å². The van der Waals surface area contributed by atoms with Crippen LogP contribution in [0, 0.1) is 23.7 Å². The van der Waals surface area contributed by atoms with Crippen LogP contribution in [0.3, 0.4) is 0 Å². The maximum Gasteiger partial charge on any atom is 0.226 e. The van der Waals surface area contributed by atoms with Crippen LogP contribution in [0.1, 0.15) is 51.4 Å². The van der Waals surface area contributed by atoms with Gasteiger partial charge in [-0.3, -0.25) is 4.79 Å². The second-order valence-electron chi connectivity index (χ2n) is 7.59. The van der Waals surface area contributed by atoms with E-state index in [1.54, 1.807) is 0 Å². The molecule has 4 rings (SSSR count). The van der Waals surface area contributed by atoms with Crippen LogP contribution in [0.15, 0.2) is 0 Å². The summed E-state index contributed by atoms with van der Waals surface area (Å²) in [5.41, 5.74) is 0. The van der Waals surface area contributed by atoms with Gasteiger partial charge in [0, 0.05) is 25.0 Å². The third-order valence-electron chi connectivity index (χ3n) is 6.14. The van der Waals surface area contributed by atoms with Gasteiger partial charge in [-0.1, -0.05) is 12.8 Å². The molecule has 1 saturated heterocycles. The van der Waals surface area contributed by atoms with Gasteiger partial charge in [0.25, 0.3) is 0 Å². The Bertz CT molecular complexity index is 359. The van der Waals surface area contributed by atoms with E-state index in [2.05, 4.69) is 10.2 Å². The smallest absolute Gasteiger partial charge is 0.226 e. The number of fused-ring (bicyclic) bond motifs is 1. The maximum absolute atomic E-state index is 12.6. The molecular formula is C17H28N2O.